The third-order valence-corrected chi connectivity index (χ3v) is 4.27. The van der Waals surface area contributed by atoms with Crippen molar-refractivity contribution in [2.24, 2.45) is 0 Å². The number of ether oxygens (including phenoxy) is 1. The number of carbonyl (C=O) groups is 1. The van der Waals surface area contributed by atoms with Gasteiger partial charge in [0.1, 0.15) is 12.4 Å². The molecule has 130 valence electrons. The zero-order valence-corrected chi connectivity index (χ0v) is 14.1. The number of sulfone groups is 1. The van der Waals surface area contributed by atoms with Crippen LogP contribution in [0.2, 0.25) is 0 Å². The van der Waals surface area contributed by atoms with Crippen molar-refractivity contribution in [1.29, 1.82) is 0 Å². The van der Waals surface area contributed by atoms with Gasteiger partial charge in [-0.15, -0.1) is 0 Å². The van der Waals surface area contributed by atoms with Crippen LogP contribution in [0.25, 0.3) is 0 Å². The van der Waals surface area contributed by atoms with Crippen molar-refractivity contribution in [3.63, 3.8) is 0 Å². The maximum Gasteiger partial charge on any atom is 0.319 e. The van der Waals surface area contributed by atoms with E-state index in [0.29, 0.717) is 26.2 Å². The number of nitrogens with one attached hydrogen (secondary N) is 2. The number of para-hydroxylation sites is 1. The van der Waals surface area contributed by atoms with Crippen molar-refractivity contribution in [2.45, 2.75) is 17.9 Å². The van der Waals surface area contributed by atoms with Crippen molar-refractivity contribution in [2.75, 3.05) is 24.7 Å². The highest BCUT2D eigenvalue weighted by molar-refractivity contribution is 7.90. The number of carbonyl (C=O) groups excluding carboxylic acids is 1. The van der Waals surface area contributed by atoms with Gasteiger partial charge >= 0.3 is 6.03 Å². The first kappa shape index (κ1) is 18.0. The summed E-state index contributed by atoms with van der Waals surface area (Å²) in [6, 6.07) is 9.42. The predicted molar refractivity (Wildman–Crippen MR) is 89.6 cm³/mol. The zero-order valence-electron chi connectivity index (χ0n) is 13.3. The van der Waals surface area contributed by atoms with Gasteiger partial charge in [0.2, 0.25) is 0 Å². The van der Waals surface area contributed by atoms with Gasteiger partial charge in [-0.25, -0.2) is 13.2 Å². The number of furan rings is 1. The van der Waals surface area contributed by atoms with Gasteiger partial charge in [-0.05, 0) is 30.7 Å². The summed E-state index contributed by atoms with van der Waals surface area (Å²) < 4.78 is 33.9. The molecular formula is C16H20N2O5S. The molecule has 0 spiro atoms. The van der Waals surface area contributed by atoms with E-state index < -0.39 is 15.9 Å². The van der Waals surface area contributed by atoms with E-state index in [2.05, 4.69) is 10.6 Å². The molecule has 1 heterocycles. The van der Waals surface area contributed by atoms with Crippen LogP contribution in [0.1, 0.15) is 12.2 Å². The highest BCUT2D eigenvalue weighted by atomic mass is 32.2. The second kappa shape index (κ2) is 8.51. The fourth-order valence-electron chi connectivity index (χ4n) is 2.00. The summed E-state index contributed by atoms with van der Waals surface area (Å²) in [6.07, 6.45) is 3.31. The van der Waals surface area contributed by atoms with Crippen LogP contribution < -0.4 is 10.6 Å². The lowest BCUT2D eigenvalue weighted by molar-refractivity contribution is 0.104. The molecule has 2 N–H and O–H groups in total. The monoisotopic (exact) mass is 352 g/mol. The molecule has 0 aliphatic rings. The Morgan fingerprint density at radius 3 is 2.71 bits per heavy atom. The lowest BCUT2D eigenvalue weighted by atomic mass is 10.3. The lowest BCUT2D eigenvalue weighted by Crippen LogP contribution is -2.30. The van der Waals surface area contributed by atoms with Crippen LogP contribution >= 0.6 is 0 Å². The first-order chi connectivity index (χ1) is 11.5. The summed E-state index contributed by atoms with van der Waals surface area (Å²) in [4.78, 5) is 11.9. The average Bonchev–Trinajstić information content (AvgIpc) is 3.03. The van der Waals surface area contributed by atoms with E-state index in [4.69, 9.17) is 9.15 Å². The topological polar surface area (TPSA) is 97.6 Å². The third-order valence-electron chi connectivity index (χ3n) is 3.11. The largest absolute Gasteiger partial charge is 0.467 e. The highest BCUT2D eigenvalue weighted by Crippen LogP contribution is 2.20. The summed E-state index contributed by atoms with van der Waals surface area (Å²) in [5.41, 5.74) is 0.256. The van der Waals surface area contributed by atoms with Crippen molar-refractivity contribution >= 4 is 21.6 Å². The minimum Gasteiger partial charge on any atom is -0.467 e. The van der Waals surface area contributed by atoms with Crippen molar-refractivity contribution in [3.05, 3.63) is 48.4 Å². The average molecular weight is 352 g/mol. The summed E-state index contributed by atoms with van der Waals surface area (Å²) >= 11 is 0. The van der Waals surface area contributed by atoms with E-state index >= 15 is 0 Å². The molecule has 0 atom stereocenters. The second-order valence-corrected chi connectivity index (χ2v) is 7.12. The maximum absolute atomic E-state index is 11.8. The molecule has 2 amide bonds. The Labute approximate surface area is 140 Å². The summed E-state index contributed by atoms with van der Waals surface area (Å²) in [6.45, 7) is 1.27. The Balaban J connectivity index is 1.70. The smallest absolute Gasteiger partial charge is 0.319 e. The van der Waals surface area contributed by atoms with Crippen molar-refractivity contribution in [1.82, 2.24) is 5.32 Å². The normalized spacial score (nSPS) is 11.2. The molecule has 1 aromatic carbocycles. The van der Waals surface area contributed by atoms with Crippen LogP contribution in [-0.2, 0) is 21.2 Å². The molecule has 0 aliphatic heterocycles. The Morgan fingerprint density at radius 2 is 2.00 bits per heavy atom. The van der Waals surface area contributed by atoms with E-state index in [0.717, 1.165) is 12.0 Å². The molecule has 7 nitrogen and oxygen atoms in total. The Morgan fingerprint density at radius 1 is 1.21 bits per heavy atom. The van der Waals surface area contributed by atoms with Gasteiger partial charge in [-0.2, -0.15) is 0 Å². The number of hydrogen-bond donors (Lipinski definition) is 2. The number of anilines is 1. The van der Waals surface area contributed by atoms with Gasteiger partial charge in [-0.1, -0.05) is 12.1 Å². The Bertz CT molecular complexity index is 757. The molecule has 2 aromatic rings. The van der Waals surface area contributed by atoms with Crippen LogP contribution in [0.4, 0.5) is 10.5 Å². The summed E-state index contributed by atoms with van der Waals surface area (Å²) in [5, 5.41) is 5.20. The molecule has 8 heteroatoms. The Kier molecular flexibility index (Phi) is 6.39. The highest BCUT2D eigenvalue weighted by Gasteiger charge is 2.14. The van der Waals surface area contributed by atoms with Crippen LogP contribution in [0.15, 0.2) is 52.0 Å². The molecule has 24 heavy (non-hydrogen) atoms. The van der Waals surface area contributed by atoms with Gasteiger partial charge < -0.3 is 19.8 Å². The van der Waals surface area contributed by atoms with E-state index in [1.165, 1.54) is 6.07 Å². The maximum atomic E-state index is 11.8. The standard InChI is InChI=1S/C16H20N2O5S/c1-24(20,21)15-8-3-2-7-14(15)18-16(19)17-9-5-10-22-12-13-6-4-11-23-13/h2-4,6-8,11H,5,9-10,12H2,1H3,(H2,17,18,19). The van der Waals surface area contributed by atoms with E-state index in [1.807, 2.05) is 6.07 Å². The number of hydrogen-bond acceptors (Lipinski definition) is 5. The second-order valence-electron chi connectivity index (χ2n) is 5.13. The van der Waals surface area contributed by atoms with Gasteiger partial charge in [0.15, 0.2) is 9.84 Å². The SMILES string of the molecule is CS(=O)(=O)c1ccccc1NC(=O)NCCCOCc1ccco1. The van der Waals surface area contributed by atoms with Gasteiger partial charge in [0.05, 0.1) is 16.8 Å². The minimum absolute atomic E-state index is 0.0851. The molecule has 0 aliphatic carbocycles. The molecule has 0 bridgehead atoms. The molecule has 0 radical (unpaired) electrons. The minimum atomic E-state index is -3.40. The molecule has 2 rings (SSSR count). The fourth-order valence-corrected chi connectivity index (χ4v) is 2.85. The summed E-state index contributed by atoms with van der Waals surface area (Å²) in [5.74, 6) is 0.748. The zero-order chi connectivity index (χ0) is 17.4. The lowest BCUT2D eigenvalue weighted by Gasteiger charge is -2.10. The molecule has 0 fully saturated rings. The predicted octanol–water partition coefficient (Wildman–Crippen LogP) is 2.41. The molecule has 0 saturated heterocycles. The van der Waals surface area contributed by atoms with Gasteiger partial charge in [-0.3, -0.25) is 0 Å². The Hall–Kier alpha value is -2.32. The third kappa shape index (κ3) is 5.71. The first-order valence-electron chi connectivity index (χ1n) is 7.41. The summed E-state index contributed by atoms with van der Waals surface area (Å²) in [7, 11) is -3.40. The fraction of sp³-hybridized carbons (Fsp3) is 0.312. The van der Waals surface area contributed by atoms with E-state index in [-0.39, 0.29) is 10.6 Å². The van der Waals surface area contributed by atoms with Crippen LogP contribution in [0.5, 0.6) is 0 Å². The molecule has 0 unspecified atom stereocenters. The van der Waals surface area contributed by atoms with Crippen LogP contribution in [-0.4, -0.2) is 33.9 Å². The number of amides is 2. The van der Waals surface area contributed by atoms with Crippen LogP contribution in [0.3, 0.4) is 0 Å². The number of rotatable bonds is 8. The first-order valence-corrected chi connectivity index (χ1v) is 9.30. The number of urea groups is 1. The molecule has 1 aromatic heterocycles. The molecular weight excluding hydrogens is 332 g/mol. The quantitative estimate of drug-likeness (QED) is 0.711. The number of benzene rings is 1. The van der Waals surface area contributed by atoms with Crippen molar-refractivity contribution in [3.8, 4) is 0 Å². The van der Waals surface area contributed by atoms with E-state index in [9.17, 15) is 13.2 Å². The van der Waals surface area contributed by atoms with Crippen LogP contribution in [0, 0.1) is 0 Å². The van der Waals surface area contributed by atoms with Gasteiger partial charge in [0, 0.05) is 19.4 Å². The molecule has 0 saturated carbocycles. The van der Waals surface area contributed by atoms with Gasteiger partial charge in [0.25, 0.3) is 0 Å². The van der Waals surface area contributed by atoms with E-state index in [1.54, 1.807) is 30.5 Å². The van der Waals surface area contributed by atoms with Crippen molar-refractivity contribution < 1.29 is 22.4 Å².